The molecule has 2 fully saturated rings. The lowest BCUT2D eigenvalue weighted by molar-refractivity contribution is -0.146. The monoisotopic (exact) mass is 349 g/mol. The van der Waals surface area contributed by atoms with E-state index in [0.29, 0.717) is 38.4 Å². The van der Waals surface area contributed by atoms with Crippen LogP contribution in [-0.4, -0.2) is 66.7 Å². The average Bonchev–Trinajstić information content (AvgIpc) is 3.16. The van der Waals surface area contributed by atoms with Crippen LogP contribution in [0.25, 0.3) is 0 Å². The molecule has 2 saturated heterocycles. The normalized spacial score (nSPS) is 23.7. The number of methoxy groups -OCH3 is 1. The van der Waals surface area contributed by atoms with E-state index < -0.39 is 5.41 Å². The summed E-state index contributed by atoms with van der Waals surface area (Å²) >= 11 is 0. The number of hydrogen-bond donors (Lipinski definition) is 0. The number of carbonyl (C=O) groups is 2. The van der Waals surface area contributed by atoms with E-state index in [4.69, 9.17) is 9.26 Å². The third-order valence-electron chi connectivity index (χ3n) is 5.61. The smallest absolute Gasteiger partial charge is 0.230 e. The van der Waals surface area contributed by atoms with Crippen molar-refractivity contribution in [3.8, 4) is 0 Å². The van der Waals surface area contributed by atoms with Crippen molar-refractivity contribution in [2.24, 2.45) is 5.41 Å². The highest BCUT2D eigenvalue weighted by molar-refractivity contribution is 5.86. The van der Waals surface area contributed by atoms with Gasteiger partial charge in [0.25, 0.3) is 0 Å². The van der Waals surface area contributed by atoms with Crippen molar-refractivity contribution in [1.29, 1.82) is 0 Å². The Labute approximate surface area is 148 Å². The number of amides is 2. The van der Waals surface area contributed by atoms with Crippen LogP contribution in [0, 0.1) is 19.3 Å². The molecular weight excluding hydrogens is 322 g/mol. The molecule has 0 aliphatic carbocycles. The number of carbonyl (C=O) groups excluding carboxylic acids is 2. The van der Waals surface area contributed by atoms with Crippen LogP contribution in [0.2, 0.25) is 0 Å². The summed E-state index contributed by atoms with van der Waals surface area (Å²) in [5.41, 5.74) is 1.22. The number of aromatic nitrogens is 1. The van der Waals surface area contributed by atoms with Gasteiger partial charge in [0.15, 0.2) is 0 Å². The molecule has 0 N–H and O–H groups in total. The summed E-state index contributed by atoms with van der Waals surface area (Å²) in [6.45, 7) is 6.82. The van der Waals surface area contributed by atoms with Crippen molar-refractivity contribution in [3.05, 3.63) is 17.0 Å². The molecule has 25 heavy (non-hydrogen) atoms. The van der Waals surface area contributed by atoms with Gasteiger partial charge in [-0.2, -0.15) is 0 Å². The third-order valence-corrected chi connectivity index (χ3v) is 5.61. The zero-order valence-electron chi connectivity index (χ0n) is 15.3. The average molecular weight is 349 g/mol. The first-order chi connectivity index (χ1) is 12.0. The number of ether oxygens (including phenoxy) is 1. The molecule has 2 aliphatic heterocycles. The van der Waals surface area contributed by atoms with Crippen LogP contribution in [0.5, 0.6) is 0 Å². The van der Waals surface area contributed by atoms with E-state index >= 15 is 0 Å². The molecule has 1 spiro atoms. The molecule has 0 saturated carbocycles. The molecule has 0 bridgehead atoms. The molecule has 1 aromatic rings. The largest absolute Gasteiger partial charge is 0.383 e. The molecule has 7 nitrogen and oxygen atoms in total. The molecule has 7 heteroatoms. The van der Waals surface area contributed by atoms with Crippen LogP contribution < -0.4 is 0 Å². The number of nitrogens with zero attached hydrogens (tertiary/aromatic N) is 3. The fourth-order valence-electron chi connectivity index (χ4n) is 4.05. The molecule has 1 atom stereocenters. The van der Waals surface area contributed by atoms with Gasteiger partial charge in [-0.15, -0.1) is 0 Å². The molecule has 0 radical (unpaired) electrons. The fourth-order valence-corrected chi connectivity index (χ4v) is 4.05. The van der Waals surface area contributed by atoms with Gasteiger partial charge in [-0.3, -0.25) is 9.59 Å². The first-order valence-corrected chi connectivity index (χ1v) is 8.95. The van der Waals surface area contributed by atoms with E-state index in [0.717, 1.165) is 37.1 Å². The number of rotatable bonds is 5. The summed E-state index contributed by atoms with van der Waals surface area (Å²) in [5.74, 6) is 0.927. The first-order valence-electron chi connectivity index (χ1n) is 8.95. The van der Waals surface area contributed by atoms with Gasteiger partial charge in [0, 0.05) is 38.9 Å². The van der Waals surface area contributed by atoms with E-state index in [1.54, 1.807) is 7.11 Å². The van der Waals surface area contributed by atoms with Crippen molar-refractivity contribution in [2.45, 2.75) is 39.5 Å². The Hall–Kier alpha value is -1.89. The minimum atomic E-state index is -0.402. The highest BCUT2D eigenvalue weighted by Crippen LogP contribution is 2.40. The predicted octanol–water partition coefficient (Wildman–Crippen LogP) is 1.32. The molecule has 3 rings (SSSR count). The minimum Gasteiger partial charge on any atom is -0.383 e. The Morgan fingerprint density at radius 3 is 2.80 bits per heavy atom. The molecule has 138 valence electrons. The van der Waals surface area contributed by atoms with Crippen molar-refractivity contribution in [1.82, 2.24) is 15.0 Å². The van der Waals surface area contributed by atoms with Crippen molar-refractivity contribution in [2.75, 3.05) is 39.9 Å². The Morgan fingerprint density at radius 1 is 1.32 bits per heavy atom. The molecule has 2 aliphatic rings. The Balaban J connectivity index is 1.66. The second-order valence-electron chi connectivity index (χ2n) is 7.21. The van der Waals surface area contributed by atoms with Crippen LogP contribution >= 0.6 is 0 Å². The summed E-state index contributed by atoms with van der Waals surface area (Å²) in [6.07, 6.45) is 2.90. The van der Waals surface area contributed by atoms with E-state index in [2.05, 4.69) is 5.16 Å². The van der Waals surface area contributed by atoms with Crippen LogP contribution in [0.1, 0.15) is 36.3 Å². The third kappa shape index (κ3) is 3.42. The van der Waals surface area contributed by atoms with Gasteiger partial charge in [0.05, 0.1) is 24.1 Å². The predicted molar refractivity (Wildman–Crippen MR) is 91.0 cm³/mol. The minimum absolute atomic E-state index is 0.0492. The van der Waals surface area contributed by atoms with Crippen LogP contribution in [-0.2, 0) is 20.7 Å². The summed E-state index contributed by atoms with van der Waals surface area (Å²) in [5, 5.41) is 3.91. The lowest BCUT2D eigenvalue weighted by Crippen LogP contribution is -2.51. The number of aryl methyl sites for hydroxylation is 2. The number of likely N-dealkylation sites (tertiary alicyclic amines) is 2. The Morgan fingerprint density at radius 2 is 2.12 bits per heavy atom. The Kier molecular flexibility index (Phi) is 5.13. The van der Waals surface area contributed by atoms with E-state index in [1.165, 1.54) is 0 Å². The van der Waals surface area contributed by atoms with Crippen LogP contribution in [0.4, 0.5) is 0 Å². The molecular formula is C18H27N3O4. The lowest BCUT2D eigenvalue weighted by Gasteiger charge is -2.39. The maximum Gasteiger partial charge on any atom is 0.230 e. The van der Waals surface area contributed by atoms with E-state index in [9.17, 15) is 9.59 Å². The maximum absolute atomic E-state index is 13.0. The second-order valence-corrected chi connectivity index (χ2v) is 7.21. The quantitative estimate of drug-likeness (QED) is 0.801. The molecule has 1 aromatic heterocycles. The zero-order chi connectivity index (χ0) is 18.0. The second kappa shape index (κ2) is 7.15. The molecule has 0 aromatic carbocycles. The van der Waals surface area contributed by atoms with Gasteiger partial charge in [0.2, 0.25) is 11.8 Å². The van der Waals surface area contributed by atoms with E-state index in [-0.39, 0.29) is 11.8 Å². The molecule has 3 heterocycles. The summed E-state index contributed by atoms with van der Waals surface area (Å²) in [4.78, 5) is 29.4. The van der Waals surface area contributed by atoms with Crippen LogP contribution in [0.15, 0.2) is 4.52 Å². The zero-order valence-corrected chi connectivity index (χ0v) is 15.3. The number of piperidine rings is 1. The van der Waals surface area contributed by atoms with E-state index in [1.807, 2.05) is 23.6 Å². The first kappa shape index (κ1) is 17.9. The fraction of sp³-hybridized carbons (Fsp3) is 0.722. The SMILES string of the molecule is COCCN1CCCC2(CCN(C(=O)Cc3c(C)noc3C)C2)C1=O. The van der Waals surface area contributed by atoms with Crippen molar-refractivity contribution in [3.63, 3.8) is 0 Å². The van der Waals surface area contributed by atoms with Gasteiger partial charge in [-0.25, -0.2) is 0 Å². The van der Waals surface area contributed by atoms with Gasteiger partial charge in [0.1, 0.15) is 5.76 Å². The summed E-state index contributed by atoms with van der Waals surface area (Å²) in [7, 11) is 1.65. The lowest BCUT2D eigenvalue weighted by atomic mass is 9.78. The number of hydrogen-bond acceptors (Lipinski definition) is 5. The van der Waals surface area contributed by atoms with Crippen molar-refractivity contribution < 1.29 is 18.8 Å². The van der Waals surface area contributed by atoms with Crippen LogP contribution in [0.3, 0.4) is 0 Å². The maximum atomic E-state index is 13.0. The highest BCUT2D eigenvalue weighted by atomic mass is 16.5. The standard InChI is InChI=1S/C18H27N3O4/c1-13-15(14(2)25-19-13)11-16(22)21-8-6-18(12-21)5-4-7-20(17(18)23)9-10-24-3/h4-12H2,1-3H3. The Bertz CT molecular complexity index is 637. The van der Waals surface area contributed by atoms with Gasteiger partial charge >= 0.3 is 0 Å². The molecule has 1 unspecified atom stereocenters. The molecule has 2 amide bonds. The van der Waals surface area contributed by atoms with Gasteiger partial charge in [-0.1, -0.05) is 5.16 Å². The van der Waals surface area contributed by atoms with Crippen molar-refractivity contribution >= 4 is 11.8 Å². The topological polar surface area (TPSA) is 75.9 Å². The van der Waals surface area contributed by atoms with Gasteiger partial charge < -0.3 is 19.1 Å². The summed E-state index contributed by atoms with van der Waals surface area (Å²) < 4.78 is 10.3. The summed E-state index contributed by atoms with van der Waals surface area (Å²) in [6, 6.07) is 0. The highest BCUT2D eigenvalue weighted by Gasteiger charge is 2.49. The van der Waals surface area contributed by atoms with Gasteiger partial charge in [-0.05, 0) is 33.1 Å².